The van der Waals surface area contributed by atoms with Gasteiger partial charge in [-0.3, -0.25) is 24.1 Å². The topological polar surface area (TPSA) is 104 Å². The standard InChI is InChI=1S/C39H27ClF3IN2O6/c40-21-7-4-8-24(17-21)46-35(49)30-19-28-26(14-15-27-32(28)36(50)45(34(27)48)23-11-9-22(44)10-12-23)33(38(30,37(46)51)20-5-2-1-3-6-20)29-18-25(13-16-31(29)47)52-39(41,42)43/h1-14,16-18,27-28,30,32-33,47H,15,19H2/t27-,28+,30-,32-,33+,38+/m0/s1. The minimum Gasteiger partial charge on any atom is -0.508 e. The Labute approximate surface area is 313 Å². The molecule has 2 aliphatic carbocycles. The first-order chi connectivity index (χ1) is 24.8. The lowest BCUT2D eigenvalue weighted by molar-refractivity contribution is -0.274. The van der Waals surface area contributed by atoms with Gasteiger partial charge in [0.15, 0.2) is 0 Å². The van der Waals surface area contributed by atoms with Gasteiger partial charge in [-0.05, 0) is 108 Å². The molecule has 1 saturated carbocycles. The van der Waals surface area contributed by atoms with E-state index in [9.17, 15) is 32.7 Å². The highest BCUT2D eigenvalue weighted by molar-refractivity contribution is 14.1. The zero-order valence-corrected chi connectivity index (χ0v) is 29.8. The van der Waals surface area contributed by atoms with E-state index in [0.29, 0.717) is 16.8 Å². The molecule has 2 heterocycles. The summed E-state index contributed by atoms with van der Waals surface area (Å²) in [5.74, 6) is -8.17. The third kappa shape index (κ3) is 5.24. The summed E-state index contributed by atoms with van der Waals surface area (Å²) >= 11 is 8.45. The van der Waals surface area contributed by atoms with E-state index in [4.69, 9.17) is 11.6 Å². The SMILES string of the molecule is O=C1[C@H]2[C@H](CC=C3[C@H]2C[C@H]2C(=O)N(c4cccc(Cl)c4)C(=O)[C@@]2(c2ccccc2)[C@H]3c2cc(OC(F)(F)F)ccc2O)C(=O)N1c1ccc(I)cc1. The zero-order valence-electron chi connectivity index (χ0n) is 26.9. The Hall–Kier alpha value is -4.69. The molecule has 2 saturated heterocycles. The summed E-state index contributed by atoms with van der Waals surface area (Å²) in [5.41, 5.74) is -0.440. The van der Waals surface area contributed by atoms with E-state index < -0.39 is 76.5 Å². The van der Waals surface area contributed by atoms with E-state index in [0.717, 1.165) is 31.6 Å². The van der Waals surface area contributed by atoms with Crippen LogP contribution in [0.15, 0.2) is 109 Å². The second-order valence-electron chi connectivity index (χ2n) is 13.4. The van der Waals surface area contributed by atoms with E-state index >= 15 is 4.79 Å². The Balaban J connectivity index is 1.37. The van der Waals surface area contributed by atoms with E-state index in [1.165, 1.54) is 6.07 Å². The fourth-order valence-corrected chi connectivity index (χ4v) is 9.44. The first-order valence-corrected chi connectivity index (χ1v) is 17.9. The number of allylic oxidation sites excluding steroid dienone is 2. The molecule has 8 nitrogen and oxygen atoms in total. The molecule has 0 unspecified atom stereocenters. The number of nitrogens with zero attached hydrogens (tertiary/aromatic N) is 2. The number of fused-ring (bicyclic) bond motifs is 4. The van der Waals surface area contributed by atoms with E-state index in [1.54, 1.807) is 78.9 Å². The van der Waals surface area contributed by atoms with Gasteiger partial charge in [0.25, 0.3) is 0 Å². The molecule has 0 radical (unpaired) electrons. The summed E-state index contributed by atoms with van der Waals surface area (Å²) in [5, 5.41) is 11.8. The minimum absolute atomic E-state index is 0.0287. The van der Waals surface area contributed by atoms with Gasteiger partial charge in [0, 0.05) is 20.1 Å². The number of halogens is 5. The molecule has 13 heteroatoms. The van der Waals surface area contributed by atoms with Crippen molar-refractivity contribution in [1.29, 1.82) is 0 Å². The van der Waals surface area contributed by atoms with Crippen LogP contribution < -0.4 is 14.5 Å². The number of imide groups is 2. The lowest BCUT2D eigenvalue weighted by Gasteiger charge is -2.50. The number of hydrogen-bond acceptors (Lipinski definition) is 6. The van der Waals surface area contributed by atoms with Crippen LogP contribution in [0.25, 0.3) is 0 Å². The summed E-state index contributed by atoms with van der Waals surface area (Å²) in [6, 6.07) is 24.6. The molecular formula is C39H27ClF3IN2O6. The Kier molecular flexibility index (Phi) is 8.25. The van der Waals surface area contributed by atoms with Crippen molar-refractivity contribution in [2.75, 3.05) is 9.80 Å². The number of carbonyl (C=O) groups is 4. The number of carbonyl (C=O) groups excluding carboxylic acids is 4. The second kappa shape index (κ2) is 12.5. The quantitative estimate of drug-likeness (QED) is 0.125. The van der Waals surface area contributed by atoms with Crippen molar-refractivity contribution in [1.82, 2.24) is 0 Å². The molecule has 3 fully saturated rings. The van der Waals surface area contributed by atoms with Gasteiger partial charge >= 0.3 is 6.36 Å². The fourth-order valence-electron chi connectivity index (χ4n) is 8.89. The Morgan fingerprint density at radius 3 is 2.23 bits per heavy atom. The van der Waals surface area contributed by atoms with Crippen molar-refractivity contribution in [2.24, 2.45) is 23.7 Å². The summed E-state index contributed by atoms with van der Waals surface area (Å²) in [6.45, 7) is 0. The molecule has 4 aromatic carbocycles. The number of ether oxygens (including phenoxy) is 1. The van der Waals surface area contributed by atoms with Gasteiger partial charge < -0.3 is 9.84 Å². The number of rotatable bonds is 5. The second-order valence-corrected chi connectivity index (χ2v) is 15.0. The van der Waals surface area contributed by atoms with Crippen LogP contribution in [0.1, 0.15) is 29.9 Å². The number of benzene rings is 4. The lowest BCUT2D eigenvalue weighted by atomic mass is 9.49. The van der Waals surface area contributed by atoms with Crippen molar-refractivity contribution in [2.45, 2.75) is 30.5 Å². The number of amides is 4. The molecule has 6 atom stereocenters. The van der Waals surface area contributed by atoms with Crippen molar-refractivity contribution in [3.05, 3.63) is 128 Å². The zero-order chi connectivity index (χ0) is 36.7. The highest BCUT2D eigenvalue weighted by Crippen LogP contribution is 2.65. The van der Waals surface area contributed by atoms with Crippen molar-refractivity contribution >= 4 is 69.2 Å². The largest absolute Gasteiger partial charge is 0.573 e. The maximum atomic E-state index is 15.3. The molecule has 0 bridgehead atoms. The molecular weight excluding hydrogens is 812 g/mol. The smallest absolute Gasteiger partial charge is 0.508 e. The Morgan fingerprint density at radius 2 is 1.54 bits per heavy atom. The van der Waals surface area contributed by atoms with Gasteiger partial charge in [-0.2, -0.15) is 0 Å². The normalized spacial score (nSPS) is 26.9. The van der Waals surface area contributed by atoms with Crippen molar-refractivity contribution < 1.29 is 42.2 Å². The summed E-state index contributed by atoms with van der Waals surface area (Å²) < 4.78 is 45.9. The van der Waals surface area contributed by atoms with Crippen LogP contribution in [-0.4, -0.2) is 35.1 Å². The van der Waals surface area contributed by atoms with Crippen LogP contribution in [-0.2, 0) is 24.6 Å². The number of hydrogen-bond donors (Lipinski definition) is 1. The molecule has 8 rings (SSSR count). The highest BCUT2D eigenvalue weighted by atomic mass is 127. The molecule has 52 heavy (non-hydrogen) atoms. The predicted octanol–water partition coefficient (Wildman–Crippen LogP) is 7.92. The minimum atomic E-state index is -5.07. The molecule has 0 aromatic heterocycles. The van der Waals surface area contributed by atoms with Crippen LogP contribution in [0, 0.1) is 27.2 Å². The van der Waals surface area contributed by atoms with Gasteiger partial charge in [-0.15, -0.1) is 13.2 Å². The van der Waals surface area contributed by atoms with Crippen LogP contribution in [0.2, 0.25) is 5.02 Å². The molecule has 2 aliphatic heterocycles. The fraction of sp³-hybridized carbons (Fsp3) is 0.231. The molecule has 4 aliphatic rings. The third-order valence-electron chi connectivity index (χ3n) is 10.8. The number of phenolic OH excluding ortho intramolecular Hbond substituents is 1. The molecule has 0 spiro atoms. The van der Waals surface area contributed by atoms with Crippen molar-refractivity contribution in [3.63, 3.8) is 0 Å². The average Bonchev–Trinajstić information content (AvgIpc) is 3.50. The Bertz CT molecular complexity index is 2200. The Morgan fingerprint density at radius 1 is 0.808 bits per heavy atom. The molecule has 264 valence electrons. The van der Waals surface area contributed by atoms with Gasteiger partial charge in [0.1, 0.15) is 11.5 Å². The highest BCUT2D eigenvalue weighted by Gasteiger charge is 2.70. The van der Waals surface area contributed by atoms with Gasteiger partial charge in [0.2, 0.25) is 23.6 Å². The summed E-state index contributed by atoms with van der Waals surface area (Å²) in [6.07, 6.45) is -3.25. The van der Waals surface area contributed by atoms with E-state index in [1.807, 2.05) is 0 Å². The maximum Gasteiger partial charge on any atom is 0.573 e. The van der Waals surface area contributed by atoms with E-state index in [-0.39, 0.29) is 29.1 Å². The number of phenols is 1. The monoisotopic (exact) mass is 838 g/mol. The van der Waals surface area contributed by atoms with Crippen LogP contribution in [0.4, 0.5) is 24.5 Å². The first-order valence-electron chi connectivity index (χ1n) is 16.4. The van der Waals surface area contributed by atoms with Gasteiger partial charge in [-0.1, -0.05) is 59.6 Å². The maximum absolute atomic E-state index is 15.3. The average molecular weight is 839 g/mol. The van der Waals surface area contributed by atoms with E-state index in [2.05, 4.69) is 27.3 Å². The molecule has 4 amide bonds. The summed E-state index contributed by atoms with van der Waals surface area (Å²) in [4.78, 5) is 60.7. The molecule has 4 aromatic rings. The van der Waals surface area contributed by atoms with Gasteiger partial charge in [0.05, 0.1) is 34.5 Å². The van der Waals surface area contributed by atoms with Crippen LogP contribution in [0.5, 0.6) is 11.5 Å². The third-order valence-corrected chi connectivity index (χ3v) is 11.7. The predicted molar refractivity (Wildman–Crippen MR) is 193 cm³/mol. The number of anilines is 2. The number of aromatic hydroxyl groups is 1. The van der Waals surface area contributed by atoms with Crippen LogP contribution >= 0.6 is 34.2 Å². The summed E-state index contributed by atoms with van der Waals surface area (Å²) in [7, 11) is 0. The van der Waals surface area contributed by atoms with Gasteiger partial charge in [-0.25, -0.2) is 4.90 Å². The number of alkyl halides is 3. The van der Waals surface area contributed by atoms with Crippen LogP contribution in [0.3, 0.4) is 0 Å². The van der Waals surface area contributed by atoms with Crippen molar-refractivity contribution in [3.8, 4) is 11.5 Å². The first kappa shape index (κ1) is 34.4. The molecule has 1 N–H and O–H groups in total. The lowest BCUT2D eigenvalue weighted by Crippen LogP contribution is -2.53.